The van der Waals surface area contributed by atoms with Crippen LogP contribution in [-0.2, 0) is 6.42 Å². The van der Waals surface area contributed by atoms with Gasteiger partial charge in [-0.1, -0.05) is 18.2 Å². The van der Waals surface area contributed by atoms with Crippen molar-refractivity contribution in [2.45, 2.75) is 18.9 Å². The summed E-state index contributed by atoms with van der Waals surface area (Å²) in [7, 11) is 1.68. The molecule has 0 amide bonds. The minimum Gasteiger partial charge on any atom is -0.497 e. The number of benzene rings is 2. The van der Waals surface area contributed by atoms with Crippen molar-refractivity contribution in [3.05, 3.63) is 59.2 Å². The summed E-state index contributed by atoms with van der Waals surface area (Å²) in [5, 5.41) is 12.6. The van der Waals surface area contributed by atoms with E-state index in [0.717, 1.165) is 24.3 Å². The molecule has 0 heterocycles. The second kappa shape index (κ2) is 5.26. The summed E-state index contributed by atoms with van der Waals surface area (Å²) < 4.78 is 5.30. The lowest BCUT2D eigenvalue weighted by Crippen LogP contribution is -2.08. The molecule has 1 aliphatic rings. The molecule has 1 aliphatic carbocycles. The van der Waals surface area contributed by atoms with Gasteiger partial charge in [-0.15, -0.1) is 0 Å². The summed E-state index contributed by atoms with van der Waals surface area (Å²) in [5.74, 6) is 0.881. The highest BCUT2D eigenvalue weighted by Crippen LogP contribution is 2.36. The predicted octanol–water partition coefficient (Wildman–Crippen LogP) is 3.67. The van der Waals surface area contributed by atoms with Gasteiger partial charge in [0, 0.05) is 0 Å². The first kappa shape index (κ1) is 12.6. The van der Waals surface area contributed by atoms with Crippen LogP contribution in [0.2, 0.25) is 0 Å². The first-order valence-corrected chi connectivity index (χ1v) is 6.74. The third kappa shape index (κ3) is 2.21. The second-order valence-electron chi connectivity index (χ2n) is 4.96. The maximum atomic E-state index is 9.16. The van der Waals surface area contributed by atoms with Crippen molar-refractivity contribution in [2.24, 2.45) is 0 Å². The van der Waals surface area contributed by atoms with Gasteiger partial charge in [0.2, 0.25) is 0 Å². The minimum absolute atomic E-state index is 0.245. The highest BCUT2D eigenvalue weighted by molar-refractivity contribution is 5.59. The molecule has 0 spiro atoms. The normalized spacial score (nSPS) is 16.3. The number of nitrogens with zero attached hydrogens (tertiary/aromatic N) is 1. The number of aryl methyl sites for hydroxylation is 1. The Kier molecular flexibility index (Phi) is 3.30. The van der Waals surface area contributed by atoms with Crippen molar-refractivity contribution < 1.29 is 4.74 Å². The monoisotopic (exact) mass is 264 g/mol. The van der Waals surface area contributed by atoms with E-state index in [9.17, 15) is 0 Å². The fourth-order valence-corrected chi connectivity index (χ4v) is 2.75. The van der Waals surface area contributed by atoms with E-state index in [1.54, 1.807) is 7.11 Å². The number of rotatable bonds is 3. The maximum Gasteiger partial charge on any atom is 0.119 e. The van der Waals surface area contributed by atoms with Crippen LogP contribution in [0.3, 0.4) is 0 Å². The van der Waals surface area contributed by atoms with Gasteiger partial charge in [0.05, 0.1) is 24.4 Å². The van der Waals surface area contributed by atoms with Gasteiger partial charge in [0.15, 0.2) is 0 Å². The Morgan fingerprint density at radius 3 is 2.90 bits per heavy atom. The van der Waals surface area contributed by atoms with Crippen LogP contribution >= 0.6 is 0 Å². The average molecular weight is 264 g/mol. The summed E-state index contributed by atoms with van der Waals surface area (Å²) in [4.78, 5) is 0. The molecule has 0 aliphatic heterocycles. The predicted molar refractivity (Wildman–Crippen MR) is 78.8 cm³/mol. The van der Waals surface area contributed by atoms with Crippen molar-refractivity contribution in [3.8, 4) is 11.8 Å². The Morgan fingerprint density at radius 2 is 2.10 bits per heavy atom. The lowest BCUT2D eigenvalue weighted by Gasteiger charge is -2.17. The number of methoxy groups -OCH3 is 1. The highest BCUT2D eigenvalue weighted by atomic mass is 16.5. The van der Waals surface area contributed by atoms with E-state index in [4.69, 9.17) is 10.00 Å². The van der Waals surface area contributed by atoms with Gasteiger partial charge in [-0.25, -0.2) is 0 Å². The standard InChI is InChI=1S/C17H16N2O/c1-20-14-8-6-12-7-9-17(15(12)10-14)19-16-5-3-2-4-13(16)11-18/h2-6,8,10,17,19H,7,9H2,1H3. The average Bonchev–Trinajstić information content (AvgIpc) is 2.90. The molecule has 1 unspecified atom stereocenters. The molecule has 0 saturated carbocycles. The lowest BCUT2D eigenvalue weighted by atomic mass is 10.1. The van der Waals surface area contributed by atoms with E-state index in [-0.39, 0.29) is 6.04 Å². The summed E-state index contributed by atoms with van der Waals surface area (Å²) >= 11 is 0. The third-order valence-electron chi connectivity index (χ3n) is 3.81. The fourth-order valence-electron chi connectivity index (χ4n) is 2.75. The van der Waals surface area contributed by atoms with Crippen LogP contribution < -0.4 is 10.1 Å². The molecule has 2 aromatic rings. The van der Waals surface area contributed by atoms with Gasteiger partial charge in [-0.2, -0.15) is 5.26 Å². The van der Waals surface area contributed by atoms with Crippen LogP contribution in [-0.4, -0.2) is 7.11 Å². The summed E-state index contributed by atoms with van der Waals surface area (Å²) in [5.41, 5.74) is 4.22. The highest BCUT2D eigenvalue weighted by Gasteiger charge is 2.23. The molecule has 0 radical (unpaired) electrons. The molecule has 0 saturated heterocycles. The Morgan fingerprint density at radius 1 is 1.25 bits per heavy atom. The third-order valence-corrected chi connectivity index (χ3v) is 3.81. The van der Waals surface area contributed by atoms with Crippen LogP contribution in [0.4, 0.5) is 5.69 Å². The SMILES string of the molecule is COc1ccc2c(c1)C(Nc1ccccc1C#N)CC2. The molecule has 3 nitrogen and oxygen atoms in total. The van der Waals surface area contributed by atoms with Gasteiger partial charge in [0.1, 0.15) is 11.8 Å². The molecule has 0 bridgehead atoms. The van der Waals surface area contributed by atoms with E-state index >= 15 is 0 Å². The zero-order valence-electron chi connectivity index (χ0n) is 11.4. The number of fused-ring (bicyclic) bond motifs is 1. The van der Waals surface area contributed by atoms with Crippen molar-refractivity contribution >= 4 is 5.69 Å². The summed E-state index contributed by atoms with van der Waals surface area (Å²) in [6.45, 7) is 0. The zero-order chi connectivity index (χ0) is 13.9. The molecular weight excluding hydrogens is 248 g/mol. The molecule has 100 valence electrons. The van der Waals surface area contributed by atoms with Crippen LogP contribution in [0.15, 0.2) is 42.5 Å². The van der Waals surface area contributed by atoms with E-state index in [1.165, 1.54) is 11.1 Å². The number of nitrogens with one attached hydrogen (secondary N) is 1. The van der Waals surface area contributed by atoms with Crippen molar-refractivity contribution in [1.82, 2.24) is 0 Å². The number of anilines is 1. The number of para-hydroxylation sites is 1. The summed E-state index contributed by atoms with van der Waals surface area (Å²) in [6.07, 6.45) is 2.11. The van der Waals surface area contributed by atoms with E-state index in [2.05, 4.69) is 23.5 Å². The van der Waals surface area contributed by atoms with Crippen LogP contribution in [0.5, 0.6) is 5.75 Å². The van der Waals surface area contributed by atoms with E-state index < -0.39 is 0 Å². The van der Waals surface area contributed by atoms with Crippen LogP contribution in [0.1, 0.15) is 29.2 Å². The van der Waals surface area contributed by atoms with Crippen LogP contribution in [0.25, 0.3) is 0 Å². The van der Waals surface area contributed by atoms with Gasteiger partial charge >= 0.3 is 0 Å². The largest absolute Gasteiger partial charge is 0.497 e. The zero-order valence-corrected chi connectivity index (χ0v) is 11.4. The Bertz CT molecular complexity index is 673. The lowest BCUT2D eigenvalue weighted by molar-refractivity contribution is 0.414. The number of hydrogen-bond donors (Lipinski definition) is 1. The maximum absolute atomic E-state index is 9.16. The molecule has 0 fully saturated rings. The Hall–Kier alpha value is -2.47. The Labute approximate surface area is 118 Å². The van der Waals surface area contributed by atoms with Crippen LogP contribution in [0, 0.1) is 11.3 Å². The minimum atomic E-state index is 0.245. The molecule has 1 N–H and O–H groups in total. The van der Waals surface area contributed by atoms with Gasteiger partial charge in [-0.05, 0) is 48.2 Å². The molecule has 3 rings (SSSR count). The smallest absolute Gasteiger partial charge is 0.119 e. The second-order valence-corrected chi connectivity index (χ2v) is 4.96. The number of hydrogen-bond acceptors (Lipinski definition) is 3. The van der Waals surface area contributed by atoms with E-state index in [1.807, 2.05) is 30.3 Å². The molecular formula is C17H16N2O. The van der Waals surface area contributed by atoms with Crippen molar-refractivity contribution in [1.29, 1.82) is 5.26 Å². The molecule has 20 heavy (non-hydrogen) atoms. The van der Waals surface area contributed by atoms with Gasteiger partial charge in [-0.3, -0.25) is 0 Å². The van der Waals surface area contributed by atoms with Gasteiger partial charge in [0.25, 0.3) is 0 Å². The fraction of sp³-hybridized carbons (Fsp3) is 0.235. The molecule has 0 aromatic heterocycles. The molecule has 3 heteroatoms. The van der Waals surface area contributed by atoms with E-state index in [0.29, 0.717) is 5.56 Å². The number of nitriles is 1. The van der Waals surface area contributed by atoms with Crippen molar-refractivity contribution in [2.75, 3.05) is 12.4 Å². The molecule has 2 aromatic carbocycles. The number of ether oxygens (including phenoxy) is 1. The Balaban J connectivity index is 1.90. The quantitative estimate of drug-likeness (QED) is 0.920. The summed E-state index contributed by atoms with van der Waals surface area (Å²) in [6, 6.07) is 16.3. The first-order valence-electron chi connectivity index (χ1n) is 6.74. The van der Waals surface area contributed by atoms with Crippen molar-refractivity contribution in [3.63, 3.8) is 0 Å². The van der Waals surface area contributed by atoms with Gasteiger partial charge < -0.3 is 10.1 Å². The topological polar surface area (TPSA) is 45.0 Å². The first-order chi connectivity index (χ1) is 9.81. The molecule has 1 atom stereocenters.